The standard InChI is InChI=1S/C15H22O/c1-4-5-11-16-15(13(2)3)12-14-9-7-6-8-10-14/h5-11,13,15H,4,12H2,1-3H3. The van der Waals surface area contributed by atoms with Crippen LogP contribution in [0.2, 0.25) is 0 Å². The number of allylic oxidation sites excluding steroid dienone is 1. The van der Waals surface area contributed by atoms with Gasteiger partial charge in [-0.3, -0.25) is 0 Å². The number of ether oxygens (including phenoxy) is 1. The summed E-state index contributed by atoms with van der Waals surface area (Å²) >= 11 is 0. The van der Waals surface area contributed by atoms with Crippen LogP contribution < -0.4 is 0 Å². The van der Waals surface area contributed by atoms with Gasteiger partial charge in [-0.25, -0.2) is 0 Å². The van der Waals surface area contributed by atoms with Crippen LogP contribution >= 0.6 is 0 Å². The summed E-state index contributed by atoms with van der Waals surface area (Å²) in [5.41, 5.74) is 1.34. The molecule has 16 heavy (non-hydrogen) atoms. The lowest BCUT2D eigenvalue weighted by Gasteiger charge is -2.20. The third-order valence-electron chi connectivity index (χ3n) is 2.61. The predicted octanol–water partition coefficient (Wildman–Crippen LogP) is 4.19. The molecule has 1 aromatic rings. The van der Waals surface area contributed by atoms with Crippen LogP contribution in [-0.2, 0) is 11.2 Å². The van der Waals surface area contributed by atoms with Gasteiger partial charge in [0.25, 0.3) is 0 Å². The summed E-state index contributed by atoms with van der Waals surface area (Å²) in [5, 5.41) is 0. The highest BCUT2D eigenvalue weighted by Gasteiger charge is 2.13. The van der Waals surface area contributed by atoms with Crippen molar-refractivity contribution in [1.29, 1.82) is 0 Å². The minimum Gasteiger partial charge on any atom is -0.498 e. The fourth-order valence-corrected chi connectivity index (χ4v) is 1.54. The largest absolute Gasteiger partial charge is 0.498 e. The number of hydrogen-bond acceptors (Lipinski definition) is 1. The van der Waals surface area contributed by atoms with Crippen LogP contribution in [0.4, 0.5) is 0 Å². The topological polar surface area (TPSA) is 9.23 Å². The first kappa shape index (κ1) is 12.8. The molecule has 1 heteroatoms. The molecule has 0 aromatic heterocycles. The highest BCUT2D eigenvalue weighted by molar-refractivity contribution is 5.15. The molecule has 0 amide bonds. The van der Waals surface area contributed by atoms with E-state index < -0.39 is 0 Å². The molecule has 0 saturated heterocycles. The molecule has 1 unspecified atom stereocenters. The van der Waals surface area contributed by atoms with Crippen LogP contribution in [0.1, 0.15) is 32.8 Å². The van der Waals surface area contributed by atoms with Crippen LogP contribution in [0.5, 0.6) is 0 Å². The van der Waals surface area contributed by atoms with E-state index in [0.29, 0.717) is 5.92 Å². The third kappa shape index (κ3) is 4.52. The van der Waals surface area contributed by atoms with Crippen molar-refractivity contribution in [3.8, 4) is 0 Å². The summed E-state index contributed by atoms with van der Waals surface area (Å²) in [7, 11) is 0. The lowest BCUT2D eigenvalue weighted by molar-refractivity contribution is 0.101. The fourth-order valence-electron chi connectivity index (χ4n) is 1.54. The molecule has 88 valence electrons. The average molecular weight is 218 g/mol. The van der Waals surface area contributed by atoms with Gasteiger partial charge in [0.1, 0.15) is 6.10 Å². The van der Waals surface area contributed by atoms with Gasteiger partial charge in [0, 0.05) is 6.42 Å². The highest BCUT2D eigenvalue weighted by Crippen LogP contribution is 2.14. The van der Waals surface area contributed by atoms with E-state index in [-0.39, 0.29) is 6.10 Å². The summed E-state index contributed by atoms with van der Waals surface area (Å²) in [6, 6.07) is 10.5. The maximum absolute atomic E-state index is 5.77. The van der Waals surface area contributed by atoms with Crippen LogP contribution in [0.15, 0.2) is 42.7 Å². The molecule has 0 radical (unpaired) electrons. The molecule has 0 saturated carbocycles. The normalized spacial score (nSPS) is 13.2. The van der Waals surface area contributed by atoms with E-state index in [0.717, 1.165) is 12.8 Å². The first-order chi connectivity index (χ1) is 7.74. The first-order valence-electron chi connectivity index (χ1n) is 6.08. The number of benzene rings is 1. The van der Waals surface area contributed by atoms with E-state index in [2.05, 4.69) is 51.1 Å². The van der Waals surface area contributed by atoms with Gasteiger partial charge in [-0.15, -0.1) is 0 Å². The number of rotatable bonds is 6. The lowest BCUT2D eigenvalue weighted by atomic mass is 9.99. The van der Waals surface area contributed by atoms with Crippen molar-refractivity contribution < 1.29 is 4.74 Å². The molecule has 1 rings (SSSR count). The van der Waals surface area contributed by atoms with Crippen molar-refractivity contribution in [3.05, 3.63) is 48.2 Å². The second-order valence-corrected chi connectivity index (χ2v) is 4.39. The molecule has 0 fully saturated rings. The Morgan fingerprint density at radius 1 is 1.19 bits per heavy atom. The van der Waals surface area contributed by atoms with E-state index in [4.69, 9.17) is 4.74 Å². The Balaban J connectivity index is 2.55. The maximum Gasteiger partial charge on any atom is 0.104 e. The summed E-state index contributed by atoms with van der Waals surface area (Å²) in [6.07, 6.45) is 6.17. The molecule has 0 aliphatic rings. The van der Waals surface area contributed by atoms with Crippen LogP contribution in [0.3, 0.4) is 0 Å². The fraction of sp³-hybridized carbons (Fsp3) is 0.467. The zero-order valence-corrected chi connectivity index (χ0v) is 10.5. The van der Waals surface area contributed by atoms with Gasteiger partial charge in [-0.1, -0.05) is 57.2 Å². The Morgan fingerprint density at radius 2 is 1.88 bits per heavy atom. The molecule has 0 aliphatic heterocycles. The van der Waals surface area contributed by atoms with E-state index in [9.17, 15) is 0 Å². The van der Waals surface area contributed by atoms with Crippen LogP contribution in [0, 0.1) is 5.92 Å². The van der Waals surface area contributed by atoms with Gasteiger partial charge in [-0.05, 0) is 17.9 Å². The predicted molar refractivity (Wildman–Crippen MR) is 69.3 cm³/mol. The molecule has 0 aliphatic carbocycles. The Bertz CT molecular complexity index is 300. The molecule has 0 N–H and O–H groups in total. The summed E-state index contributed by atoms with van der Waals surface area (Å²) in [4.78, 5) is 0. The minimum atomic E-state index is 0.269. The van der Waals surface area contributed by atoms with E-state index in [1.165, 1.54) is 5.56 Å². The molecule has 0 spiro atoms. The summed E-state index contributed by atoms with van der Waals surface area (Å²) in [6.45, 7) is 6.52. The SMILES string of the molecule is CCC=COC(Cc1ccccc1)C(C)C. The van der Waals surface area contributed by atoms with E-state index >= 15 is 0 Å². The lowest BCUT2D eigenvalue weighted by Crippen LogP contribution is -2.20. The van der Waals surface area contributed by atoms with Gasteiger partial charge in [0.05, 0.1) is 6.26 Å². The van der Waals surface area contributed by atoms with Crippen molar-refractivity contribution >= 4 is 0 Å². The van der Waals surface area contributed by atoms with Crippen molar-refractivity contribution in [2.75, 3.05) is 0 Å². The Labute approximate surface area is 99.1 Å². The van der Waals surface area contributed by atoms with Crippen LogP contribution in [0.25, 0.3) is 0 Å². The van der Waals surface area contributed by atoms with Crippen LogP contribution in [-0.4, -0.2) is 6.10 Å². The van der Waals surface area contributed by atoms with E-state index in [1.54, 1.807) is 0 Å². The zero-order chi connectivity index (χ0) is 11.8. The summed E-state index contributed by atoms with van der Waals surface area (Å²) < 4.78 is 5.77. The van der Waals surface area contributed by atoms with Gasteiger partial charge in [0.2, 0.25) is 0 Å². The van der Waals surface area contributed by atoms with Gasteiger partial charge in [-0.2, -0.15) is 0 Å². The minimum absolute atomic E-state index is 0.269. The second kappa shape index (κ2) is 7.10. The molecule has 1 atom stereocenters. The highest BCUT2D eigenvalue weighted by atomic mass is 16.5. The molecular formula is C15H22O. The maximum atomic E-state index is 5.77. The van der Waals surface area contributed by atoms with Gasteiger partial charge < -0.3 is 4.74 Å². The number of hydrogen-bond donors (Lipinski definition) is 0. The molecule has 1 aromatic carbocycles. The quantitative estimate of drug-likeness (QED) is 0.650. The Morgan fingerprint density at radius 3 is 2.44 bits per heavy atom. The molecule has 0 bridgehead atoms. The van der Waals surface area contributed by atoms with E-state index in [1.807, 2.05) is 12.3 Å². The monoisotopic (exact) mass is 218 g/mol. The van der Waals surface area contributed by atoms with Crippen molar-refractivity contribution in [3.63, 3.8) is 0 Å². The van der Waals surface area contributed by atoms with Gasteiger partial charge in [0.15, 0.2) is 0 Å². The van der Waals surface area contributed by atoms with Crippen molar-refractivity contribution in [2.45, 2.75) is 39.7 Å². The molecule has 0 heterocycles. The molecular weight excluding hydrogens is 196 g/mol. The average Bonchev–Trinajstić information content (AvgIpc) is 2.29. The van der Waals surface area contributed by atoms with Crippen molar-refractivity contribution in [1.82, 2.24) is 0 Å². The smallest absolute Gasteiger partial charge is 0.104 e. The first-order valence-corrected chi connectivity index (χ1v) is 6.08. The van der Waals surface area contributed by atoms with Gasteiger partial charge >= 0.3 is 0 Å². The van der Waals surface area contributed by atoms with Crippen molar-refractivity contribution in [2.24, 2.45) is 5.92 Å². The Hall–Kier alpha value is -1.24. The zero-order valence-electron chi connectivity index (χ0n) is 10.5. The third-order valence-corrected chi connectivity index (χ3v) is 2.61. The summed E-state index contributed by atoms with van der Waals surface area (Å²) in [5.74, 6) is 0.529. The Kier molecular flexibility index (Phi) is 5.69. The molecule has 1 nitrogen and oxygen atoms in total. The second-order valence-electron chi connectivity index (χ2n) is 4.39.